The highest BCUT2D eigenvalue weighted by molar-refractivity contribution is 7.79. The second kappa shape index (κ2) is 12.9. The molecular formula is C24H28N6O4S. The molecule has 0 fully saturated rings. The zero-order valence-electron chi connectivity index (χ0n) is 18.8. The maximum atomic E-state index is 8.74. The van der Waals surface area contributed by atoms with Crippen molar-refractivity contribution in [3.63, 3.8) is 0 Å². The van der Waals surface area contributed by atoms with Crippen molar-refractivity contribution in [2.75, 3.05) is 0 Å². The molecular weight excluding hydrogens is 468 g/mol. The molecule has 4 rings (SSSR count). The second-order valence-electron chi connectivity index (χ2n) is 7.21. The molecule has 0 heterocycles. The Bertz CT molecular complexity index is 1320. The molecule has 11 heteroatoms. The smallest absolute Gasteiger partial charge is 0.370 e. The van der Waals surface area contributed by atoms with Gasteiger partial charge in [-0.3, -0.25) is 9.11 Å². The summed E-state index contributed by atoms with van der Waals surface area (Å²) in [7, 11) is -4.67. The molecule has 4 aromatic carbocycles. The van der Waals surface area contributed by atoms with E-state index in [9.17, 15) is 0 Å². The van der Waals surface area contributed by atoms with Crippen LogP contribution in [0.5, 0.6) is 0 Å². The van der Waals surface area contributed by atoms with E-state index in [1.807, 2.05) is 48.5 Å². The van der Waals surface area contributed by atoms with Gasteiger partial charge >= 0.3 is 10.4 Å². The van der Waals surface area contributed by atoms with E-state index < -0.39 is 10.4 Å². The fourth-order valence-corrected chi connectivity index (χ4v) is 3.21. The third-order valence-electron chi connectivity index (χ3n) is 4.62. The molecule has 0 atom stereocenters. The summed E-state index contributed by atoms with van der Waals surface area (Å²) in [5.74, 6) is 0.255. The molecule has 0 aliphatic heterocycles. The highest BCUT2D eigenvalue weighted by Gasteiger charge is 1.99. The molecule has 10 N–H and O–H groups in total. The number of nitrogens with two attached hydrogens (primary N) is 4. The fourth-order valence-electron chi connectivity index (χ4n) is 3.21. The number of benzene rings is 4. The topological polar surface area (TPSA) is 203 Å². The first-order valence-corrected chi connectivity index (χ1v) is 11.7. The van der Waals surface area contributed by atoms with Gasteiger partial charge in [0.15, 0.2) is 11.9 Å². The molecule has 4 aromatic rings. The summed E-state index contributed by atoms with van der Waals surface area (Å²) in [5, 5.41) is 4.82. The highest BCUT2D eigenvalue weighted by Crippen LogP contribution is 2.19. The maximum absolute atomic E-state index is 8.74. The van der Waals surface area contributed by atoms with E-state index >= 15 is 0 Å². The predicted molar refractivity (Wildman–Crippen MR) is 141 cm³/mol. The summed E-state index contributed by atoms with van der Waals surface area (Å²) in [4.78, 5) is 8.03. The lowest BCUT2D eigenvalue weighted by Crippen LogP contribution is -2.22. The number of fused-ring (bicyclic) bond motifs is 2. The van der Waals surface area contributed by atoms with Gasteiger partial charge in [0.05, 0.1) is 13.1 Å². The van der Waals surface area contributed by atoms with Gasteiger partial charge in [-0.2, -0.15) is 8.42 Å². The molecule has 0 saturated heterocycles. The Morgan fingerprint density at radius 3 is 1.26 bits per heavy atom. The van der Waals surface area contributed by atoms with Crippen LogP contribution < -0.4 is 22.9 Å². The largest absolute Gasteiger partial charge is 0.394 e. The van der Waals surface area contributed by atoms with Crippen molar-refractivity contribution in [1.82, 2.24) is 0 Å². The summed E-state index contributed by atoms with van der Waals surface area (Å²) in [6.07, 6.45) is 0. The van der Waals surface area contributed by atoms with E-state index in [0.717, 1.165) is 11.1 Å². The number of nitrogens with zero attached hydrogens (tertiary/aromatic N) is 2. The van der Waals surface area contributed by atoms with Crippen molar-refractivity contribution in [1.29, 1.82) is 0 Å². The first kappa shape index (κ1) is 27.1. The Hall–Kier alpha value is -4.19. The molecule has 0 unspecified atom stereocenters. The molecule has 0 saturated carbocycles. The summed E-state index contributed by atoms with van der Waals surface area (Å²) in [6, 6.07) is 28.6. The van der Waals surface area contributed by atoms with Crippen LogP contribution in [0, 0.1) is 0 Å². The maximum Gasteiger partial charge on any atom is 0.394 e. The summed E-state index contributed by atoms with van der Waals surface area (Å²) >= 11 is 0. The van der Waals surface area contributed by atoms with E-state index in [0.29, 0.717) is 13.1 Å². The van der Waals surface area contributed by atoms with Gasteiger partial charge in [0.25, 0.3) is 0 Å². The molecule has 0 aliphatic carbocycles. The molecule has 184 valence electrons. The minimum atomic E-state index is -4.67. The van der Waals surface area contributed by atoms with Crippen molar-refractivity contribution >= 4 is 43.9 Å². The molecule has 10 nitrogen and oxygen atoms in total. The van der Waals surface area contributed by atoms with Crippen LogP contribution in [0.3, 0.4) is 0 Å². The first-order valence-electron chi connectivity index (χ1n) is 10.3. The van der Waals surface area contributed by atoms with E-state index in [-0.39, 0.29) is 11.9 Å². The normalized spacial score (nSPS) is 10.3. The number of hydrogen-bond donors (Lipinski definition) is 6. The van der Waals surface area contributed by atoms with E-state index in [1.165, 1.54) is 21.5 Å². The molecule has 35 heavy (non-hydrogen) atoms. The van der Waals surface area contributed by atoms with Crippen LogP contribution in [-0.4, -0.2) is 29.4 Å². The lowest BCUT2D eigenvalue weighted by molar-refractivity contribution is 0.381. The van der Waals surface area contributed by atoms with Gasteiger partial charge < -0.3 is 22.9 Å². The van der Waals surface area contributed by atoms with E-state index in [2.05, 4.69) is 46.4 Å². The summed E-state index contributed by atoms with van der Waals surface area (Å²) < 4.78 is 31.6. The van der Waals surface area contributed by atoms with Crippen LogP contribution in [0.1, 0.15) is 11.1 Å². The standard InChI is InChI=1S/2C12H13N3.H2O4S/c2*13-12(14)15-8-10-6-3-5-9-4-1-2-7-11(9)10;1-5(2,3)4/h2*1-7H,8H2,(H4,13,14,15);(H2,1,2,3,4). The fraction of sp³-hybridized carbons (Fsp3) is 0.0833. The summed E-state index contributed by atoms with van der Waals surface area (Å²) in [6.45, 7) is 1.06. The minimum absolute atomic E-state index is 0.128. The monoisotopic (exact) mass is 496 g/mol. The SMILES string of the molecule is NC(N)=NCc1cccc2ccccc12.NC(N)=NCc1cccc2ccccc12.O=S(=O)(O)O. The van der Waals surface area contributed by atoms with Crippen molar-refractivity contribution in [3.05, 3.63) is 96.1 Å². The number of guanidine groups is 2. The van der Waals surface area contributed by atoms with Crippen molar-refractivity contribution in [2.24, 2.45) is 32.9 Å². The Morgan fingerprint density at radius 2 is 0.914 bits per heavy atom. The number of aliphatic imine (C=N–C) groups is 2. The van der Waals surface area contributed by atoms with Crippen LogP contribution in [0.25, 0.3) is 21.5 Å². The lowest BCUT2D eigenvalue weighted by Gasteiger charge is -2.03. The zero-order chi connectivity index (χ0) is 25.8. The van der Waals surface area contributed by atoms with Crippen molar-refractivity contribution < 1.29 is 17.5 Å². The van der Waals surface area contributed by atoms with Gasteiger partial charge in [-0.05, 0) is 32.7 Å². The highest BCUT2D eigenvalue weighted by atomic mass is 32.3. The van der Waals surface area contributed by atoms with Crippen molar-refractivity contribution in [3.8, 4) is 0 Å². The predicted octanol–water partition coefficient (Wildman–Crippen LogP) is 2.57. The quantitative estimate of drug-likeness (QED) is 0.140. The van der Waals surface area contributed by atoms with Crippen LogP contribution >= 0.6 is 0 Å². The third kappa shape index (κ3) is 10.1. The first-order chi connectivity index (χ1) is 16.5. The lowest BCUT2D eigenvalue weighted by atomic mass is 10.1. The Labute approximate surface area is 203 Å². The average molecular weight is 497 g/mol. The van der Waals surface area contributed by atoms with Gasteiger partial charge in [-0.25, -0.2) is 9.98 Å². The van der Waals surface area contributed by atoms with Gasteiger partial charge in [-0.15, -0.1) is 0 Å². The Morgan fingerprint density at radius 1 is 0.600 bits per heavy atom. The average Bonchev–Trinajstić information content (AvgIpc) is 2.80. The molecule has 0 bridgehead atoms. The van der Waals surface area contributed by atoms with E-state index in [4.69, 9.17) is 40.5 Å². The zero-order valence-corrected chi connectivity index (χ0v) is 19.6. The van der Waals surface area contributed by atoms with Crippen LogP contribution in [0.15, 0.2) is 94.9 Å². The van der Waals surface area contributed by atoms with Gasteiger partial charge in [0, 0.05) is 0 Å². The van der Waals surface area contributed by atoms with Crippen LogP contribution in [0.2, 0.25) is 0 Å². The number of hydrogen-bond acceptors (Lipinski definition) is 4. The third-order valence-corrected chi connectivity index (χ3v) is 4.62. The van der Waals surface area contributed by atoms with Gasteiger partial charge in [0.1, 0.15) is 0 Å². The van der Waals surface area contributed by atoms with Crippen LogP contribution in [-0.2, 0) is 23.5 Å². The Kier molecular flexibility index (Phi) is 9.97. The van der Waals surface area contributed by atoms with Crippen LogP contribution in [0.4, 0.5) is 0 Å². The minimum Gasteiger partial charge on any atom is -0.370 e. The molecule has 0 radical (unpaired) electrons. The summed E-state index contributed by atoms with van der Waals surface area (Å²) in [5.41, 5.74) is 23.5. The molecule has 0 aromatic heterocycles. The van der Waals surface area contributed by atoms with Gasteiger partial charge in [0.2, 0.25) is 0 Å². The van der Waals surface area contributed by atoms with Gasteiger partial charge in [-0.1, -0.05) is 84.9 Å². The second-order valence-corrected chi connectivity index (χ2v) is 8.10. The molecule has 0 spiro atoms. The van der Waals surface area contributed by atoms with E-state index in [1.54, 1.807) is 0 Å². The molecule has 0 aliphatic rings. The Balaban J connectivity index is 0.000000208. The number of rotatable bonds is 4. The van der Waals surface area contributed by atoms with Crippen molar-refractivity contribution in [2.45, 2.75) is 13.1 Å². The molecule has 0 amide bonds.